The van der Waals surface area contributed by atoms with E-state index in [4.69, 9.17) is 0 Å². The number of nitrogens with zero attached hydrogens (tertiary/aromatic N) is 1. The first kappa shape index (κ1) is 15.0. The molecule has 1 aromatic rings. The Morgan fingerprint density at radius 2 is 1.85 bits per heavy atom. The van der Waals surface area contributed by atoms with Gasteiger partial charge in [0.05, 0.1) is 0 Å². The average Bonchev–Trinajstić information content (AvgIpc) is 2.53. The summed E-state index contributed by atoms with van der Waals surface area (Å²) in [5.41, 5.74) is 2.20. The van der Waals surface area contributed by atoms with Gasteiger partial charge in [0, 0.05) is 25.7 Å². The van der Waals surface area contributed by atoms with Gasteiger partial charge in [0.25, 0.3) is 5.91 Å². The minimum absolute atomic E-state index is 0.107. The van der Waals surface area contributed by atoms with E-state index in [2.05, 4.69) is 17.4 Å². The molecule has 0 spiro atoms. The predicted octanol–water partition coefficient (Wildman–Crippen LogP) is 3.03. The topological polar surface area (TPSA) is 32.3 Å². The maximum atomic E-state index is 12.2. The van der Waals surface area contributed by atoms with Gasteiger partial charge in [-0.15, -0.1) is 0 Å². The summed E-state index contributed by atoms with van der Waals surface area (Å²) >= 11 is 0. The highest BCUT2D eigenvalue weighted by atomic mass is 16.2. The molecule has 0 aromatic heterocycles. The lowest BCUT2D eigenvalue weighted by Crippen LogP contribution is -2.32. The highest BCUT2D eigenvalue weighted by Gasteiger charge is 2.16. The molecule has 3 nitrogen and oxygen atoms in total. The second kappa shape index (κ2) is 7.44. The van der Waals surface area contributed by atoms with Crippen molar-refractivity contribution in [3.05, 3.63) is 35.4 Å². The first-order valence-electron chi connectivity index (χ1n) is 7.72. The summed E-state index contributed by atoms with van der Waals surface area (Å²) in [7, 11) is 3.76. The summed E-state index contributed by atoms with van der Waals surface area (Å²) < 4.78 is 0. The number of nitrogens with one attached hydrogen (secondary N) is 1. The Hall–Kier alpha value is -1.35. The first-order chi connectivity index (χ1) is 9.72. The molecule has 3 heteroatoms. The molecule has 0 atom stereocenters. The van der Waals surface area contributed by atoms with Crippen LogP contribution in [0.1, 0.15) is 53.9 Å². The van der Waals surface area contributed by atoms with E-state index in [1.54, 1.807) is 4.90 Å². The van der Waals surface area contributed by atoms with Crippen molar-refractivity contribution in [2.75, 3.05) is 27.2 Å². The van der Waals surface area contributed by atoms with Crippen molar-refractivity contribution in [1.82, 2.24) is 10.2 Å². The van der Waals surface area contributed by atoms with Crippen molar-refractivity contribution in [2.45, 2.75) is 38.0 Å². The van der Waals surface area contributed by atoms with Crippen molar-refractivity contribution in [1.29, 1.82) is 0 Å². The van der Waals surface area contributed by atoms with Gasteiger partial charge in [-0.1, -0.05) is 31.4 Å². The molecule has 1 aliphatic rings. The van der Waals surface area contributed by atoms with E-state index in [1.807, 2.05) is 26.2 Å². The van der Waals surface area contributed by atoms with E-state index in [0.717, 1.165) is 18.7 Å². The van der Waals surface area contributed by atoms with Crippen LogP contribution < -0.4 is 5.32 Å². The molecule has 0 heterocycles. The largest absolute Gasteiger partial charge is 0.340 e. The Labute approximate surface area is 122 Å². The molecule has 1 fully saturated rings. The van der Waals surface area contributed by atoms with Gasteiger partial charge >= 0.3 is 0 Å². The van der Waals surface area contributed by atoms with Crippen LogP contribution in [0.5, 0.6) is 0 Å². The summed E-state index contributed by atoms with van der Waals surface area (Å²) in [6.45, 7) is 1.56. The monoisotopic (exact) mass is 274 g/mol. The van der Waals surface area contributed by atoms with Crippen LogP contribution in [0.15, 0.2) is 24.3 Å². The second-order valence-electron chi connectivity index (χ2n) is 5.79. The summed E-state index contributed by atoms with van der Waals surface area (Å²) in [6.07, 6.45) is 6.67. The molecular formula is C17H26N2O. The molecule has 1 N–H and O–H groups in total. The van der Waals surface area contributed by atoms with E-state index >= 15 is 0 Å². The zero-order valence-corrected chi connectivity index (χ0v) is 12.7. The molecule has 110 valence electrons. The fourth-order valence-corrected chi connectivity index (χ4v) is 2.94. The van der Waals surface area contributed by atoms with Gasteiger partial charge in [-0.05, 0) is 43.5 Å². The van der Waals surface area contributed by atoms with Gasteiger partial charge in [-0.3, -0.25) is 4.79 Å². The molecule has 0 aliphatic heterocycles. The molecule has 0 bridgehead atoms. The van der Waals surface area contributed by atoms with E-state index in [1.165, 1.54) is 37.7 Å². The molecule has 1 amide bonds. The normalized spacial score (nSPS) is 16.1. The number of hydrogen-bond acceptors (Lipinski definition) is 2. The molecule has 0 radical (unpaired) electrons. The standard InChI is InChI=1S/C17H26N2O/c1-18-12-13-19(2)17(20)16-10-8-15(9-11-16)14-6-4-3-5-7-14/h8-11,14,18H,3-7,12-13H2,1-2H3. The second-order valence-corrected chi connectivity index (χ2v) is 5.79. The number of likely N-dealkylation sites (N-methyl/N-ethyl adjacent to an activating group) is 2. The number of carbonyl (C=O) groups is 1. The van der Waals surface area contributed by atoms with Gasteiger partial charge in [0.1, 0.15) is 0 Å². The van der Waals surface area contributed by atoms with Crippen LogP contribution in [0.4, 0.5) is 0 Å². The summed E-state index contributed by atoms with van der Waals surface area (Å²) in [6, 6.07) is 8.27. The molecule has 2 rings (SSSR count). The molecule has 1 aromatic carbocycles. The SMILES string of the molecule is CNCCN(C)C(=O)c1ccc(C2CCCCC2)cc1. The van der Waals surface area contributed by atoms with Crippen LogP contribution in [0.25, 0.3) is 0 Å². The van der Waals surface area contributed by atoms with E-state index in [-0.39, 0.29) is 5.91 Å². The van der Waals surface area contributed by atoms with E-state index in [9.17, 15) is 4.79 Å². The Kier molecular flexibility index (Phi) is 5.60. The number of carbonyl (C=O) groups excluding carboxylic acids is 1. The van der Waals surface area contributed by atoms with Crippen LogP contribution in [0.2, 0.25) is 0 Å². The lowest BCUT2D eigenvalue weighted by atomic mass is 9.84. The van der Waals surface area contributed by atoms with Gasteiger partial charge in [0.2, 0.25) is 0 Å². The summed E-state index contributed by atoms with van der Waals surface area (Å²) in [5, 5.41) is 3.06. The molecule has 0 saturated heterocycles. The molecule has 1 saturated carbocycles. The maximum absolute atomic E-state index is 12.2. The minimum Gasteiger partial charge on any atom is -0.340 e. The van der Waals surface area contributed by atoms with Crippen LogP contribution in [-0.4, -0.2) is 38.0 Å². The van der Waals surface area contributed by atoms with Crippen LogP contribution in [0.3, 0.4) is 0 Å². The fraction of sp³-hybridized carbons (Fsp3) is 0.588. The average molecular weight is 274 g/mol. The van der Waals surface area contributed by atoms with Gasteiger partial charge in [-0.2, -0.15) is 0 Å². The number of benzene rings is 1. The predicted molar refractivity (Wildman–Crippen MR) is 83.2 cm³/mol. The highest BCUT2D eigenvalue weighted by molar-refractivity contribution is 5.94. The van der Waals surface area contributed by atoms with Crippen LogP contribution in [0, 0.1) is 0 Å². The number of hydrogen-bond donors (Lipinski definition) is 1. The minimum atomic E-state index is 0.107. The third kappa shape index (κ3) is 3.83. The third-order valence-corrected chi connectivity index (χ3v) is 4.28. The Balaban J connectivity index is 1.98. The van der Waals surface area contributed by atoms with Crippen molar-refractivity contribution in [3.8, 4) is 0 Å². The van der Waals surface area contributed by atoms with Crippen molar-refractivity contribution >= 4 is 5.91 Å². The van der Waals surface area contributed by atoms with Gasteiger partial charge < -0.3 is 10.2 Å². The smallest absolute Gasteiger partial charge is 0.253 e. The van der Waals surface area contributed by atoms with Crippen molar-refractivity contribution < 1.29 is 4.79 Å². The van der Waals surface area contributed by atoms with Crippen LogP contribution >= 0.6 is 0 Å². The molecule has 20 heavy (non-hydrogen) atoms. The summed E-state index contributed by atoms with van der Waals surface area (Å²) in [4.78, 5) is 14.0. The van der Waals surface area contributed by atoms with Gasteiger partial charge in [0.15, 0.2) is 0 Å². The van der Waals surface area contributed by atoms with E-state index < -0.39 is 0 Å². The van der Waals surface area contributed by atoms with Crippen LogP contribution in [-0.2, 0) is 0 Å². The van der Waals surface area contributed by atoms with E-state index in [0.29, 0.717) is 5.92 Å². The lowest BCUT2D eigenvalue weighted by Gasteiger charge is -2.22. The summed E-state index contributed by atoms with van der Waals surface area (Å²) in [5.74, 6) is 0.811. The Morgan fingerprint density at radius 3 is 2.45 bits per heavy atom. The zero-order valence-electron chi connectivity index (χ0n) is 12.7. The van der Waals surface area contributed by atoms with Gasteiger partial charge in [-0.25, -0.2) is 0 Å². The lowest BCUT2D eigenvalue weighted by molar-refractivity contribution is 0.0797. The molecular weight excluding hydrogens is 248 g/mol. The first-order valence-corrected chi connectivity index (χ1v) is 7.72. The quantitative estimate of drug-likeness (QED) is 0.895. The zero-order chi connectivity index (χ0) is 14.4. The molecule has 0 unspecified atom stereocenters. The Bertz CT molecular complexity index is 421. The molecule has 1 aliphatic carbocycles. The van der Waals surface area contributed by atoms with Crippen molar-refractivity contribution in [2.24, 2.45) is 0 Å². The number of amides is 1. The highest BCUT2D eigenvalue weighted by Crippen LogP contribution is 2.32. The Morgan fingerprint density at radius 1 is 1.20 bits per heavy atom. The fourth-order valence-electron chi connectivity index (χ4n) is 2.94. The maximum Gasteiger partial charge on any atom is 0.253 e. The number of rotatable bonds is 5. The third-order valence-electron chi connectivity index (χ3n) is 4.28. The van der Waals surface area contributed by atoms with Crippen molar-refractivity contribution in [3.63, 3.8) is 0 Å².